The monoisotopic (exact) mass is 273 g/mol. The SMILES string of the molecule is Cc1ccc(Sc2cnccc2C(N)=NO)c(C)c1. The lowest BCUT2D eigenvalue weighted by molar-refractivity contribution is 0.318. The molecular weight excluding hydrogens is 258 g/mol. The first kappa shape index (κ1) is 13.4. The van der Waals surface area contributed by atoms with Crippen molar-refractivity contribution in [2.75, 3.05) is 0 Å². The van der Waals surface area contributed by atoms with E-state index in [4.69, 9.17) is 10.9 Å². The Morgan fingerprint density at radius 1 is 1.26 bits per heavy atom. The van der Waals surface area contributed by atoms with Gasteiger partial charge in [0.15, 0.2) is 5.84 Å². The fourth-order valence-corrected chi connectivity index (χ4v) is 2.75. The number of aryl methyl sites for hydroxylation is 2. The summed E-state index contributed by atoms with van der Waals surface area (Å²) in [6, 6.07) is 8.00. The molecule has 0 unspecified atom stereocenters. The Hall–Kier alpha value is -2.01. The minimum absolute atomic E-state index is 0.0923. The van der Waals surface area contributed by atoms with Gasteiger partial charge < -0.3 is 10.9 Å². The highest BCUT2D eigenvalue weighted by atomic mass is 32.2. The summed E-state index contributed by atoms with van der Waals surface area (Å²) in [4.78, 5) is 6.09. The zero-order valence-corrected chi connectivity index (χ0v) is 11.6. The second kappa shape index (κ2) is 5.75. The smallest absolute Gasteiger partial charge is 0.171 e. The van der Waals surface area contributed by atoms with E-state index in [2.05, 4.69) is 42.2 Å². The van der Waals surface area contributed by atoms with E-state index in [0.717, 1.165) is 9.79 Å². The maximum atomic E-state index is 8.80. The Morgan fingerprint density at radius 2 is 2.05 bits per heavy atom. The van der Waals surface area contributed by atoms with Crippen molar-refractivity contribution in [1.29, 1.82) is 0 Å². The lowest BCUT2D eigenvalue weighted by atomic mass is 10.2. The highest BCUT2D eigenvalue weighted by Gasteiger charge is 2.09. The molecule has 0 radical (unpaired) electrons. The Labute approximate surface area is 116 Å². The highest BCUT2D eigenvalue weighted by molar-refractivity contribution is 7.99. The molecule has 0 spiro atoms. The summed E-state index contributed by atoms with van der Waals surface area (Å²) in [5, 5.41) is 11.9. The molecule has 0 aliphatic heterocycles. The van der Waals surface area contributed by atoms with Crippen LogP contribution in [0.3, 0.4) is 0 Å². The van der Waals surface area contributed by atoms with E-state index < -0.39 is 0 Å². The third-order valence-corrected chi connectivity index (χ3v) is 3.94. The Balaban J connectivity index is 2.38. The van der Waals surface area contributed by atoms with Gasteiger partial charge in [0, 0.05) is 27.7 Å². The number of oxime groups is 1. The topological polar surface area (TPSA) is 71.5 Å². The number of aromatic nitrogens is 1. The lowest BCUT2D eigenvalue weighted by Gasteiger charge is -2.09. The summed E-state index contributed by atoms with van der Waals surface area (Å²) >= 11 is 1.56. The van der Waals surface area contributed by atoms with Gasteiger partial charge in [0.2, 0.25) is 0 Å². The molecule has 0 bridgehead atoms. The summed E-state index contributed by atoms with van der Waals surface area (Å²) in [5.74, 6) is 0.0923. The third-order valence-electron chi connectivity index (χ3n) is 2.72. The van der Waals surface area contributed by atoms with Crippen LogP contribution in [0.1, 0.15) is 16.7 Å². The van der Waals surface area contributed by atoms with Crippen LogP contribution in [0, 0.1) is 13.8 Å². The average molecular weight is 273 g/mol. The van der Waals surface area contributed by atoms with Gasteiger partial charge in [0.25, 0.3) is 0 Å². The van der Waals surface area contributed by atoms with Crippen LogP contribution in [0.2, 0.25) is 0 Å². The summed E-state index contributed by atoms with van der Waals surface area (Å²) in [6.45, 7) is 4.13. The number of hydrogen-bond acceptors (Lipinski definition) is 4. The average Bonchev–Trinajstić information content (AvgIpc) is 2.41. The van der Waals surface area contributed by atoms with Crippen molar-refractivity contribution in [3.63, 3.8) is 0 Å². The van der Waals surface area contributed by atoms with Gasteiger partial charge in [-0.1, -0.05) is 34.6 Å². The second-order valence-electron chi connectivity index (χ2n) is 4.23. The molecule has 3 N–H and O–H groups in total. The summed E-state index contributed by atoms with van der Waals surface area (Å²) in [6.07, 6.45) is 3.34. The first-order valence-electron chi connectivity index (χ1n) is 5.79. The van der Waals surface area contributed by atoms with Gasteiger partial charge in [-0.25, -0.2) is 0 Å². The van der Waals surface area contributed by atoms with Gasteiger partial charge in [-0.2, -0.15) is 0 Å². The first-order valence-corrected chi connectivity index (χ1v) is 6.60. The summed E-state index contributed by atoms with van der Waals surface area (Å²) in [5.41, 5.74) is 8.77. The highest BCUT2D eigenvalue weighted by Crippen LogP contribution is 2.32. The Kier molecular flexibility index (Phi) is 4.06. The molecule has 2 aromatic rings. The minimum Gasteiger partial charge on any atom is -0.409 e. The van der Waals surface area contributed by atoms with Crippen LogP contribution in [0.4, 0.5) is 0 Å². The maximum Gasteiger partial charge on any atom is 0.171 e. The molecule has 0 saturated heterocycles. The van der Waals surface area contributed by atoms with Crippen molar-refractivity contribution in [2.45, 2.75) is 23.6 Å². The molecule has 1 heterocycles. The van der Waals surface area contributed by atoms with Crippen LogP contribution in [-0.2, 0) is 0 Å². The normalized spacial score (nSPS) is 11.6. The fourth-order valence-electron chi connectivity index (χ4n) is 1.76. The number of hydrogen-bond donors (Lipinski definition) is 2. The van der Waals surface area contributed by atoms with Crippen molar-refractivity contribution in [3.05, 3.63) is 53.3 Å². The molecule has 0 saturated carbocycles. The standard InChI is InChI=1S/C14H15N3OS/c1-9-3-4-12(10(2)7-9)19-13-8-16-6-5-11(13)14(15)17-18/h3-8,18H,1-2H3,(H2,15,17). The predicted molar refractivity (Wildman–Crippen MR) is 76.8 cm³/mol. The van der Waals surface area contributed by atoms with Crippen molar-refractivity contribution >= 4 is 17.6 Å². The van der Waals surface area contributed by atoms with Crippen molar-refractivity contribution in [1.82, 2.24) is 4.98 Å². The first-order chi connectivity index (χ1) is 9.11. The molecule has 4 nitrogen and oxygen atoms in total. The van der Waals surface area contributed by atoms with E-state index in [0.29, 0.717) is 5.56 Å². The van der Waals surface area contributed by atoms with E-state index in [-0.39, 0.29) is 5.84 Å². The van der Waals surface area contributed by atoms with E-state index in [9.17, 15) is 0 Å². The zero-order valence-electron chi connectivity index (χ0n) is 10.8. The van der Waals surface area contributed by atoms with Crippen LogP contribution in [0.15, 0.2) is 51.6 Å². The largest absolute Gasteiger partial charge is 0.409 e. The lowest BCUT2D eigenvalue weighted by Crippen LogP contribution is -2.14. The second-order valence-corrected chi connectivity index (χ2v) is 5.31. The zero-order chi connectivity index (χ0) is 13.8. The van der Waals surface area contributed by atoms with Crippen LogP contribution >= 0.6 is 11.8 Å². The molecule has 5 heteroatoms. The Bertz CT molecular complexity index is 626. The molecule has 1 aromatic carbocycles. The molecule has 0 aliphatic rings. The molecule has 98 valence electrons. The molecule has 0 amide bonds. The van der Waals surface area contributed by atoms with Gasteiger partial charge in [-0.05, 0) is 31.5 Å². The summed E-state index contributed by atoms with van der Waals surface area (Å²) < 4.78 is 0. The van der Waals surface area contributed by atoms with E-state index in [1.165, 1.54) is 11.1 Å². The molecule has 19 heavy (non-hydrogen) atoms. The molecule has 2 rings (SSSR count). The number of nitrogens with two attached hydrogens (primary N) is 1. The van der Waals surface area contributed by atoms with Gasteiger partial charge in [-0.15, -0.1) is 0 Å². The molecule has 0 fully saturated rings. The van der Waals surface area contributed by atoms with Crippen molar-refractivity contribution < 1.29 is 5.21 Å². The van der Waals surface area contributed by atoms with Crippen LogP contribution in [0.5, 0.6) is 0 Å². The van der Waals surface area contributed by atoms with E-state index >= 15 is 0 Å². The molecule has 1 aromatic heterocycles. The molecular formula is C14H15N3OS. The van der Waals surface area contributed by atoms with E-state index in [1.54, 1.807) is 30.2 Å². The van der Waals surface area contributed by atoms with Crippen LogP contribution in [-0.4, -0.2) is 16.0 Å². The third kappa shape index (κ3) is 3.06. The van der Waals surface area contributed by atoms with Gasteiger partial charge >= 0.3 is 0 Å². The minimum atomic E-state index is 0.0923. The van der Waals surface area contributed by atoms with Crippen molar-refractivity contribution in [2.24, 2.45) is 10.9 Å². The number of nitrogens with zero attached hydrogens (tertiary/aromatic N) is 2. The summed E-state index contributed by atoms with van der Waals surface area (Å²) in [7, 11) is 0. The van der Waals surface area contributed by atoms with Crippen LogP contribution in [0.25, 0.3) is 0 Å². The van der Waals surface area contributed by atoms with Crippen LogP contribution < -0.4 is 5.73 Å². The Morgan fingerprint density at radius 3 is 2.74 bits per heavy atom. The van der Waals surface area contributed by atoms with Gasteiger partial charge in [0.05, 0.1) is 0 Å². The number of pyridine rings is 1. The molecule has 0 aliphatic carbocycles. The maximum absolute atomic E-state index is 8.80. The fraction of sp³-hybridized carbons (Fsp3) is 0.143. The number of amidine groups is 1. The van der Waals surface area contributed by atoms with E-state index in [1.807, 2.05) is 0 Å². The number of benzene rings is 1. The number of rotatable bonds is 3. The predicted octanol–water partition coefficient (Wildman–Crippen LogP) is 2.94. The van der Waals surface area contributed by atoms with Gasteiger partial charge in [-0.3, -0.25) is 4.98 Å². The molecule has 0 atom stereocenters. The van der Waals surface area contributed by atoms with Crippen molar-refractivity contribution in [3.8, 4) is 0 Å². The quantitative estimate of drug-likeness (QED) is 0.390. The van der Waals surface area contributed by atoms with Gasteiger partial charge in [0.1, 0.15) is 0 Å².